The van der Waals surface area contributed by atoms with Gasteiger partial charge in [0.15, 0.2) is 0 Å². The van der Waals surface area contributed by atoms with E-state index in [1.165, 1.54) is 0 Å². The molecule has 2 aliphatic rings. The molecule has 7 heteroatoms. The summed E-state index contributed by atoms with van der Waals surface area (Å²) < 4.78 is 0. The number of nitrogens with zero attached hydrogens (tertiary/aromatic N) is 1. The van der Waals surface area contributed by atoms with Gasteiger partial charge < -0.3 is 5.32 Å². The van der Waals surface area contributed by atoms with Crippen LogP contribution in [-0.2, 0) is 9.59 Å². The molecular formula is C17H19Cl2N3O2. The second-order valence-electron chi connectivity index (χ2n) is 6.40. The van der Waals surface area contributed by atoms with Gasteiger partial charge in [-0.05, 0) is 30.5 Å². The van der Waals surface area contributed by atoms with Crippen molar-refractivity contribution < 1.29 is 9.59 Å². The Morgan fingerprint density at radius 2 is 1.83 bits per heavy atom. The lowest BCUT2D eigenvalue weighted by atomic mass is 9.94. The van der Waals surface area contributed by atoms with Gasteiger partial charge in [-0.1, -0.05) is 19.1 Å². The van der Waals surface area contributed by atoms with E-state index in [4.69, 9.17) is 23.2 Å². The number of nitrogens with one attached hydrogen (secondary N) is 2. The Morgan fingerprint density at radius 3 is 2.42 bits per heavy atom. The normalized spacial score (nSPS) is 29.8. The van der Waals surface area contributed by atoms with E-state index >= 15 is 0 Å². The van der Waals surface area contributed by atoms with Crippen molar-refractivity contribution in [2.45, 2.75) is 36.9 Å². The molecule has 24 heavy (non-hydrogen) atoms. The average Bonchev–Trinajstić information content (AvgIpc) is 2.88. The van der Waals surface area contributed by atoms with Crippen LogP contribution in [0.15, 0.2) is 29.4 Å². The smallest absolute Gasteiger partial charge is 0.240 e. The molecule has 0 radical (unpaired) electrons. The van der Waals surface area contributed by atoms with Crippen LogP contribution < -0.4 is 10.7 Å². The van der Waals surface area contributed by atoms with E-state index < -0.39 is 0 Å². The molecule has 2 amide bonds. The number of hydrazone groups is 1. The number of carbonyl (C=O) groups is 2. The van der Waals surface area contributed by atoms with Gasteiger partial charge in [-0.25, -0.2) is 5.43 Å². The highest BCUT2D eigenvalue weighted by atomic mass is 35.5. The molecule has 1 saturated carbocycles. The zero-order valence-electron chi connectivity index (χ0n) is 13.3. The van der Waals surface area contributed by atoms with Gasteiger partial charge >= 0.3 is 0 Å². The number of carbonyl (C=O) groups excluding carboxylic acids is 2. The predicted molar refractivity (Wildman–Crippen MR) is 95.5 cm³/mol. The zero-order chi connectivity index (χ0) is 17.3. The third kappa shape index (κ3) is 3.73. The number of alkyl halides is 2. The summed E-state index contributed by atoms with van der Waals surface area (Å²) in [6, 6.07) is 7.46. The van der Waals surface area contributed by atoms with E-state index in [1.54, 1.807) is 0 Å². The number of benzene rings is 1. The molecule has 128 valence electrons. The Labute approximate surface area is 150 Å². The summed E-state index contributed by atoms with van der Waals surface area (Å²) in [4.78, 5) is 23.6. The third-order valence-corrected chi connectivity index (χ3v) is 5.58. The van der Waals surface area contributed by atoms with Gasteiger partial charge in [-0.3, -0.25) is 9.59 Å². The van der Waals surface area contributed by atoms with Crippen LogP contribution in [-0.4, -0.2) is 28.3 Å². The van der Waals surface area contributed by atoms with Crippen LogP contribution in [0.4, 0.5) is 5.69 Å². The topological polar surface area (TPSA) is 70.6 Å². The summed E-state index contributed by atoms with van der Waals surface area (Å²) in [5.41, 5.74) is 5.01. The molecule has 1 aliphatic heterocycles. The minimum atomic E-state index is -0.147. The van der Waals surface area contributed by atoms with E-state index in [0.717, 1.165) is 17.0 Å². The van der Waals surface area contributed by atoms with Crippen molar-refractivity contribution in [2.75, 3.05) is 5.32 Å². The predicted octanol–water partition coefficient (Wildman–Crippen LogP) is 3.11. The minimum absolute atomic E-state index is 0.0489. The molecule has 5 nitrogen and oxygen atoms in total. The number of halogens is 2. The van der Waals surface area contributed by atoms with Crippen molar-refractivity contribution in [2.24, 2.45) is 16.9 Å². The van der Waals surface area contributed by atoms with E-state index in [1.807, 2.05) is 31.2 Å². The Bertz CT molecular complexity index is 665. The summed E-state index contributed by atoms with van der Waals surface area (Å²) in [5, 5.41) is 6.75. The summed E-state index contributed by atoms with van der Waals surface area (Å²) in [5.74, 6) is -0.194. The first-order valence-electron chi connectivity index (χ1n) is 8.00. The van der Waals surface area contributed by atoms with Gasteiger partial charge in [0.05, 0.1) is 16.5 Å². The maximum absolute atomic E-state index is 12.3. The van der Waals surface area contributed by atoms with Gasteiger partial charge in [0.1, 0.15) is 0 Å². The molecule has 1 heterocycles. The Morgan fingerprint density at radius 1 is 1.21 bits per heavy atom. The Hall–Kier alpha value is -1.59. The third-order valence-electron chi connectivity index (χ3n) is 4.49. The molecule has 3 atom stereocenters. The van der Waals surface area contributed by atoms with Gasteiger partial charge in [0.25, 0.3) is 0 Å². The summed E-state index contributed by atoms with van der Waals surface area (Å²) in [6.07, 6.45) is 1.64. The lowest BCUT2D eigenvalue weighted by Gasteiger charge is -2.19. The first kappa shape index (κ1) is 17.2. The van der Waals surface area contributed by atoms with Crippen LogP contribution >= 0.6 is 23.2 Å². The Kier molecular flexibility index (Phi) is 5.11. The van der Waals surface area contributed by atoms with Gasteiger partial charge in [0, 0.05) is 23.9 Å². The fraction of sp³-hybridized carbons (Fsp3) is 0.471. The lowest BCUT2D eigenvalue weighted by Crippen LogP contribution is -2.31. The largest absolute Gasteiger partial charge is 0.326 e. The van der Waals surface area contributed by atoms with Crippen molar-refractivity contribution in [3.8, 4) is 0 Å². The number of anilines is 1. The monoisotopic (exact) mass is 367 g/mol. The van der Waals surface area contributed by atoms with Crippen LogP contribution in [0.1, 0.15) is 31.7 Å². The van der Waals surface area contributed by atoms with Crippen molar-refractivity contribution in [3.05, 3.63) is 29.8 Å². The van der Waals surface area contributed by atoms with Crippen LogP contribution in [0.5, 0.6) is 0 Å². The fourth-order valence-electron chi connectivity index (χ4n) is 3.12. The quantitative estimate of drug-likeness (QED) is 0.805. The SMILES string of the molecule is CC1CC(=O)NN=C1c1ccc(NC(=O)C2CC(Cl)C(Cl)C2)cc1. The number of amides is 2. The van der Waals surface area contributed by atoms with Crippen LogP contribution in [0.25, 0.3) is 0 Å². The summed E-state index contributed by atoms with van der Waals surface area (Å²) in [7, 11) is 0. The highest BCUT2D eigenvalue weighted by Gasteiger charge is 2.35. The maximum atomic E-state index is 12.3. The molecule has 0 bridgehead atoms. The molecule has 0 saturated heterocycles. The van der Waals surface area contributed by atoms with Gasteiger partial charge in [-0.15, -0.1) is 23.2 Å². The van der Waals surface area contributed by atoms with Crippen molar-refractivity contribution in [1.82, 2.24) is 5.43 Å². The van der Waals surface area contributed by atoms with Crippen LogP contribution in [0.2, 0.25) is 0 Å². The number of hydrogen-bond acceptors (Lipinski definition) is 3. The molecule has 0 aromatic heterocycles. The second kappa shape index (κ2) is 7.11. The highest BCUT2D eigenvalue weighted by Crippen LogP contribution is 2.34. The van der Waals surface area contributed by atoms with Crippen LogP contribution in [0.3, 0.4) is 0 Å². The van der Waals surface area contributed by atoms with E-state index in [0.29, 0.717) is 19.3 Å². The van der Waals surface area contributed by atoms with E-state index in [2.05, 4.69) is 15.8 Å². The Balaban J connectivity index is 1.65. The number of hydrogen-bond donors (Lipinski definition) is 2. The number of rotatable bonds is 3. The van der Waals surface area contributed by atoms with E-state index in [9.17, 15) is 9.59 Å². The van der Waals surface area contributed by atoms with Crippen molar-refractivity contribution in [1.29, 1.82) is 0 Å². The standard InChI is InChI=1S/C17H19Cl2N3O2/c1-9-6-15(23)21-22-16(9)10-2-4-12(5-3-10)20-17(24)11-7-13(18)14(19)8-11/h2-5,9,11,13-14H,6-8H2,1H3,(H,20,24)(H,21,23). The van der Waals surface area contributed by atoms with Crippen LogP contribution in [0, 0.1) is 11.8 Å². The molecule has 2 N–H and O–H groups in total. The summed E-state index contributed by atoms with van der Waals surface area (Å²) >= 11 is 12.2. The molecule has 0 spiro atoms. The first-order valence-corrected chi connectivity index (χ1v) is 8.87. The molecule has 1 fully saturated rings. The van der Waals surface area contributed by atoms with Gasteiger partial charge in [-0.2, -0.15) is 5.10 Å². The molecule has 3 unspecified atom stereocenters. The van der Waals surface area contributed by atoms with E-state index in [-0.39, 0.29) is 34.4 Å². The van der Waals surface area contributed by atoms with Crippen molar-refractivity contribution >= 4 is 46.4 Å². The molecule has 1 aromatic rings. The molecule has 1 aromatic carbocycles. The fourth-order valence-corrected chi connectivity index (χ4v) is 3.76. The second-order valence-corrected chi connectivity index (χ2v) is 7.53. The molecule has 1 aliphatic carbocycles. The minimum Gasteiger partial charge on any atom is -0.326 e. The highest BCUT2D eigenvalue weighted by molar-refractivity contribution is 6.30. The average molecular weight is 368 g/mol. The molecular weight excluding hydrogens is 349 g/mol. The van der Waals surface area contributed by atoms with Crippen molar-refractivity contribution in [3.63, 3.8) is 0 Å². The maximum Gasteiger partial charge on any atom is 0.240 e. The lowest BCUT2D eigenvalue weighted by molar-refractivity contribution is -0.122. The first-order chi connectivity index (χ1) is 11.4. The summed E-state index contributed by atoms with van der Waals surface area (Å²) in [6.45, 7) is 1.97. The zero-order valence-corrected chi connectivity index (χ0v) is 14.8. The van der Waals surface area contributed by atoms with Gasteiger partial charge in [0.2, 0.25) is 11.8 Å². The molecule has 3 rings (SSSR count).